The van der Waals surface area contributed by atoms with Crippen molar-refractivity contribution in [1.82, 2.24) is 15.3 Å². The van der Waals surface area contributed by atoms with Crippen molar-refractivity contribution in [2.24, 2.45) is 5.92 Å². The Bertz CT molecular complexity index is 1050. The average molecular weight is 464 g/mol. The van der Waals surface area contributed by atoms with E-state index < -0.39 is 0 Å². The summed E-state index contributed by atoms with van der Waals surface area (Å²) in [5, 5.41) is 7.75. The second-order valence-electron chi connectivity index (χ2n) is 8.93. The highest BCUT2D eigenvalue weighted by atomic mass is 32.2. The lowest BCUT2D eigenvalue weighted by Crippen LogP contribution is -2.35. The molecule has 1 heterocycles. The maximum atomic E-state index is 12.2. The van der Waals surface area contributed by atoms with E-state index in [1.54, 1.807) is 11.8 Å². The van der Waals surface area contributed by atoms with Gasteiger partial charge in [-0.3, -0.25) is 4.79 Å². The van der Waals surface area contributed by atoms with Gasteiger partial charge in [0.25, 0.3) is 0 Å². The van der Waals surface area contributed by atoms with Gasteiger partial charge < -0.3 is 15.5 Å². The molecule has 0 atom stereocenters. The summed E-state index contributed by atoms with van der Waals surface area (Å²) < 4.78 is 0. The van der Waals surface area contributed by atoms with Crippen LogP contribution in [0.5, 0.6) is 0 Å². The number of fused-ring (bicyclic) bond motifs is 1. The van der Waals surface area contributed by atoms with E-state index in [1.165, 1.54) is 5.56 Å². The van der Waals surface area contributed by atoms with Gasteiger partial charge in [-0.05, 0) is 49.3 Å². The van der Waals surface area contributed by atoms with Crippen LogP contribution in [-0.4, -0.2) is 48.3 Å². The van der Waals surface area contributed by atoms with Crippen molar-refractivity contribution < 1.29 is 4.79 Å². The van der Waals surface area contributed by atoms with Crippen LogP contribution in [0, 0.1) is 5.92 Å². The van der Waals surface area contributed by atoms with Crippen LogP contribution in [0.2, 0.25) is 0 Å². The standard InChI is InChI=1S/C26H33N5OS/c1-31(2)25-22-10-6-7-11-23(22)29-26(30-25)28-21-14-12-19(13-15-21)16-27-24(32)18-33-17-20-8-4-3-5-9-20/h3-11,19,21H,12-18H2,1-2H3,(H,27,32)(H,28,29,30). The number of para-hydroxylation sites is 1. The van der Waals surface area contributed by atoms with E-state index in [-0.39, 0.29) is 5.91 Å². The van der Waals surface area contributed by atoms with Crippen LogP contribution in [-0.2, 0) is 10.5 Å². The van der Waals surface area contributed by atoms with E-state index in [4.69, 9.17) is 9.97 Å². The maximum absolute atomic E-state index is 12.2. The van der Waals surface area contributed by atoms with Crippen molar-refractivity contribution in [3.05, 3.63) is 60.2 Å². The van der Waals surface area contributed by atoms with Crippen LogP contribution >= 0.6 is 11.8 Å². The van der Waals surface area contributed by atoms with E-state index in [0.29, 0.717) is 23.7 Å². The zero-order valence-electron chi connectivity index (χ0n) is 19.5. The molecule has 0 saturated heterocycles. The molecule has 2 N–H and O–H groups in total. The molecule has 33 heavy (non-hydrogen) atoms. The summed E-state index contributed by atoms with van der Waals surface area (Å²) in [7, 11) is 4.02. The maximum Gasteiger partial charge on any atom is 0.230 e. The number of rotatable bonds is 9. The van der Waals surface area contributed by atoms with Gasteiger partial charge >= 0.3 is 0 Å². The lowest BCUT2D eigenvalue weighted by molar-refractivity contribution is -0.118. The summed E-state index contributed by atoms with van der Waals surface area (Å²) in [5.74, 6) is 3.70. The van der Waals surface area contributed by atoms with Gasteiger partial charge in [0.15, 0.2) is 0 Å². The van der Waals surface area contributed by atoms with Gasteiger partial charge in [0.05, 0.1) is 11.3 Å². The molecule has 0 bridgehead atoms. The highest BCUT2D eigenvalue weighted by Crippen LogP contribution is 2.28. The number of benzene rings is 2. The monoisotopic (exact) mass is 463 g/mol. The van der Waals surface area contributed by atoms with E-state index in [0.717, 1.165) is 54.7 Å². The van der Waals surface area contributed by atoms with Gasteiger partial charge in [-0.15, -0.1) is 11.8 Å². The van der Waals surface area contributed by atoms with E-state index in [9.17, 15) is 4.79 Å². The molecule has 1 aliphatic carbocycles. The zero-order chi connectivity index (χ0) is 23.0. The number of anilines is 2. The molecule has 174 valence electrons. The quantitative estimate of drug-likeness (QED) is 0.479. The largest absolute Gasteiger partial charge is 0.362 e. The predicted octanol–water partition coefficient (Wildman–Crippen LogP) is 4.72. The van der Waals surface area contributed by atoms with Crippen LogP contribution in [0.4, 0.5) is 11.8 Å². The Balaban J connectivity index is 1.20. The Kier molecular flexibility index (Phi) is 8.05. The van der Waals surface area contributed by atoms with Crippen LogP contribution in [0.1, 0.15) is 31.2 Å². The Hall–Kier alpha value is -2.80. The number of nitrogens with zero attached hydrogens (tertiary/aromatic N) is 3. The third kappa shape index (κ3) is 6.60. The minimum atomic E-state index is 0.136. The molecule has 1 saturated carbocycles. The van der Waals surface area contributed by atoms with Crippen molar-refractivity contribution in [2.75, 3.05) is 36.6 Å². The first-order valence-corrected chi connectivity index (χ1v) is 12.8. The topological polar surface area (TPSA) is 70.2 Å². The first-order chi connectivity index (χ1) is 16.1. The van der Waals surface area contributed by atoms with Gasteiger partial charge in [-0.25, -0.2) is 4.98 Å². The summed E-state index contributed by atoms with van der Waals surface area (Å²) in [6, 6.07) is 18.8. The first-order valence-electron chi connectivity index (χ1n) is 11.7. The van der Waals surface area contributed by atoms with Crippen LogP contribution in [0.25, 0.3) is 10.9 Å². The molecule has 6 nitrogen and oxygen atoms in total. The number of hydrogen-bond acceptors (Lipinski definition) is 6. The molecule has 0 unspecified atom stereocenters. The van der Waals surface area contributed by atoms with Gasteiger partial charge in [0.1, 0.15) is 5.82 Å². The Morgan fingerprint density at radius 2 is 1.73 bits per heavy atom. The molecule has 0 spiro atoms. The third-order valence-electron chi connectivity index (χ3n) is 6.12. The fourth-order valence-corrected chi connectivity index (χ4v) is 5.12. The number of carbonyl (C=O) groups is 1. The minimum Gasteiger partial charge on any atom is -0.362 e. The highest BCUT2D eigenvalue weighted by Gasteiger charge is 2.22. The number of nitrogens with one attached hydrogen (secondary N) is 2. The molecule has 1 aliphatic rings. The van der Waals surface area contributed by atoms with Crippen molar-refractivity contribution in [3.63, 3.8) is 0 Å². The predicted molar refractivity (Wildman–Crippen MR) is 139 cm³/mol. The molecule has 4 rings (SSSR count). The molecule has 0 aliphatic heterocycles. The second kappa shape index (κ2) is 11.4. The molecule has 1 fully saturated rings. The van der Waals surface area contributed by atoms with Crippen LogP contribution < -0.4 is 15.5 Å². The molecule has 2 aromatic carbocycles. The van der Waals surface area contributed by atoms with E-state index in [2.05, 4.69) is 28.8 Å². The first kappa shape index (κ1) is 23.4. The van der Waals surface area contributed by atoms with Crippen LogP contribution in [0.3, 0.4) is 0 Å². The summed E-state index contributed by atoms with van der Waals surface area (Å²) >= 11 is 1.67. The van der Waals surface area contributed by atoms with Crippen molar-refractivity contribution in [1.29, 1.82) is 0 Å². The Morgan fingerprint density at radius 3 is 2.48 bits per heavy atom. The SMILES string of the molecule is CN(C)c1nc(NC2CCC(CNC(=O)CSCc3ccccc3)CC2)nc2ccccc12. The van der Waals surface area contributed by atoms with Gasteiger partial charge in [0.2, 0.25) is 11.9 Å². The number of hydrogen-bond donors (Lipinski definition) is 2. The molecule has 1 aromatic heterocycles. The second-order valence-corrected chi connectivity index (χ2v) is 9.91. The van der Waals surface area contributed by atoms with Gasteiger partial charge in [-0.1, -0.05) is 42.5 Å². The van der Waals surface area contributed by atoms with Crippen molar-refractivity contribution in [3.8, 4) is 0 Å². The summed E-state index contributed by atoms with van der Waals surface area (Å²) in [4.78, 5) is 23.7. The Morgan fingerprint density at radius 1 is 1.00 bits per heavy atom. The van der Waals surface area contributed by atoms with Gasteiger partial charge in [-0.2, -0.15) is 4.98 Å². The van der Waals surface area contributed by atoms with E-state index in [1.807, 2.05) is 55.4 Å². The summed E-state index contributed by atoms with van der Waals surface area (Å²) in [6.45, 7) is 0.773. The van der Waals surface area contributed by atoms with E-state index >= 15 is 0 Å². The minimum absolute atomic E-state index is 0.136. The lowest BCUT2D eigenvalue weighted by Gasteiger charge is -2.29. The molecule has 0 radical (unpaired) electrons. The number of aromatic nitrogens is 2. The average Bonchev–Trinajstić information content (AvgIpc) is 2.84. The highest BCUT2D eigenvalue weighted by molar-refractivity contribution is 7.99. The number of amides is 1. The molecule has 3 aromatic rings. The Labute approximate surface area is 200 Å². The summed E-state index contributed by atoms with van der Waals surface area (Å²) in [5.41, 5.74) is 2.22. The molecular weight excluding hydrogens is 430 g/mol. The van der Waals surface area contributed by atoms with Gasteiger partial charge in [0, 0.05) is 37.8 Å². The van der Waals surface area contributed by atoms with Crippen LogP contribution in [0.15, 0.2) is 54.6 Å². The number of thioether (sulfide) groups is 1. The fraction of sp³-hybridized carbons (Fsp3) is 0.423. The molecule has 7 heteroatoms. The normalized spacial score (nSPS) is 18.1. The van der Waals surface area contributed by atoms with Crippen molar-refractivity contribution >= 4 is 40.3 Å². The zero-order valence-corrected chi connectivity index (χ0v) is 20.3. The number of carbonyl (C=O) groups excluding carboxylic acids is 1. The third-order valence-corrected chi connectivity index (χ3v) is 7.12. The molecule has 1 amide bonds. The lowest BCUT2D eigenvalue weighted by atomic mass is 9.86. The molecular formula is C26H33N5OS. The smallest absolute Gasteiger partial charge is 0.230 e. The summed E-state index contributed by atoms with van der Waals surface area (Å²) in [6.07, 6.45) is 4.33. The fourth-order valence-electron chi connectivity index (χ4n) is 4.30. The van der Waals surface area contributed by atoms with Crippen molar-refractivity contribution in [2.45, 2.75) is 37.5 Å².